The summed E-state index contributed by atoms with van der Waals surface area (Å²) in [6, 6.07) is 0. The fourth-order valence-corrected chi connectivity index (χ4v) is 0.295. The first-order valence-corrected chi connectivity index (χ1v) is 2.31. The standard InChI is InChI=1S/C6H9O/c1-2-3-4-5-6-7/h1,6-7H,3-5H2. The van der Waals surface area contributed by atoms with E-state index in [0.717, 1.165) is 19.4 Å². The van der Waals surface area contributed by atoms with Crippen molar-refractivity contribution in [1.82, 2.24) is 0 Å². The molecule has 0 heterocycles. The Balaban J connectivity index is 2.60. The lowest BCUT2D eigenvalue weighted by molar-refractivity contribution is 0.371. The average molecular weight is 97.1 g/mol. The zero-order valence-corrected chi connectivity index (χ0v) is 4.22. The van der Waals surface area contributed by atoms with Gasteiger partial charge in [0.1, 0.15) is 0 Å². The maximum absolute atomic E-state index is 8.10. The minimum atomic E-state index is 0.712. The summed E-state index contributed by atoms with van der Waals surface area (Å²) in [5.41, 5.74) is 0. The molecule has 0 aromatic carbocycles. The molecular formula is C6H9O. The van der Waals surface area contributed by atoms with Crippen LogP contribution in [0.15, 0.2) is 0 Å². The molecule has 0 saturated carbocycles. The first kappa shape index (κ1) is 6.52. The molecule has 0 aliphatic heterocycles. The van der Waals surface area contributed by atoms with E-state index >= 15 is 0 Å². The quantitative estimate of drug-likeness (QED) is 0.416. The molecule has 1 radical (unpaired) electrons. The molecule has 0 spiro atoms. The third-order valence-corrected chi connectivity index (χ3v) is 0.654. The Bertz CT molecular complexity index is 61.1. The van der Waals surface area contributed by atoms with Gasteiger partial charge in [-0.15, -0.1) is 12.3 Å². The van der Waals surface area contributed by atoms with Gasteiger partial charge in [0.15, 0.2) is 0 Å². The summed E-state index contributed by atoms with van der Waals surface area (Å²) in [4.78, 5) is 0. The zero-order valence-electron chi connectivity index (χ0n) is 4.22. The molecule has 0 unspecified atom stereocenters. The highest BCUT2D eigenvalue weighted by atomic mass is 16.2. The monoisotopic (exact) mass is 97.1 g/mol. The zero-order chi connectivity index (χ0) is 5.54. The van der Waals surface area contributed by atoms with Crippen LogP contribution in [0, 0.1) is 19.0 Å². The summed E-state index contributed by atoms with van der Waals surface area (Å²) in [5, 5.41) is 8.10. The third kappa shape index (κ3) is 5.52. The van der Waals surface area contributed by atoms with Gasteiger partial charge in [-0.1, -0.05) is 0 Å². The lowest BCUT2D eigenvalue weighted by atomic mass is 10.2. The van der Waals surface area contributed by atoms with E-state index in [9.17, 15) is 0 Å². The Kier molecular flexibility index (Phi) is 5.14. The molecule has 0 aromatic rings. The molecular weight excluding hydrogens is 88.1 g/mol. The second kappa shape index (κ2) is 5.52. The van der Waals surface area contributed by atoms with Crippen molar-refractivity contribution in [3.05, 3.63) is 6.61 Å². The van der Waals surface area contributed by atoms with Crippen LogP contribution in [0.25, 0.3) is 0 Å². The van der Waals surface area contributed by atoms with Gasteiger partial charge < -0.3 is 5.11 Å². The number of aliphatic hydroxyl groups excluding tert-OH is 1. The van der Waals surface area contributed by atoms with Crippen LogP contribution in [0.5, 0.6) is 0 Å². The maximum atomic E-state index is 8.10. The van der Waals surface area contributed by atoms with Crippen LogP contribution in [0.1, 0.15) is 19.3 Å². The summed E-state index contributed by atoms with van der Waals surface area (Å²) >= 11 is 0. The number of rotatable bonds is 3. The summed E-state index contributed by atoms with van der Waals surface area (Å²) < 4.78 is 0. The molecule has 0 rings (SSSR count). The van der Waals surface area contributed by atoms with Gasteiger partial charge in [-0.2, -0.15) is 0 Å². The SMILES string of the molecule is C#CCCC[CH]O. The number of terminal acetylenes is 1. The van der Waals surface area contributed by atoms with E-state index in [2.05, 4.69) is 5.92 Å². The van der Waals surface area contributed by atoms with Crippen molar-refractivity contribution in [2.75, 3.05) is 0 Å². The largest absolute Gasteiger partial charge is 0.390 e. The predicted octanol–water partition coefficient (Wildman–Crippen LogP) is 1.32. The van der Waals surface area contributed by atoms with Crippen LogP contribution in [-0.4, -0.2) is 5.11 Å². The molecule has 1 heteroatoms. The lowest BCUT2D eigenvalue weighted by Crippen LogP contribution is -1.72. The van der Waals surface area contributed by atoms with Crippen molar-refractivity contribution in [2.24, 2.45) is 0 Å². The maximum Gasteiger partial charge on any atom is 0.0799 e. The minimum Gasteiger partial charge on any atom is -0.390 e. The van der Waals surface area contributed by atoms with Crippen LogP contribution in [0.2, 0.25) is 0 Å². The van der Waals surface area contributed by atoms with Crippen molar-refractivity contribution in [2.45, 2.75) is 19.3 Å². The molecule has 1 N–H and O–H groups in total. The normalized spacial score (nSPS) is 8.00. The second-order valence-electron chi connectivity index (χ2n) is 1.28. The van der Waals surface area contributed by atoms with Crippen LogP contribution < -0.4 is 0 Å². The van der Waals surface area contributed by atoms with Crippen molar-refractivity contribution in [3.63, 3.8) is 0 Å². The molecule has 39 valence electrons. The first-order chi connectivity index (χ1) is 3.41. The lowest BCUT2D eigenvalue weighted by Gasteiger charge is -1.85. The molecule has 0 aromatic heterocycles. The molecule has 0 amide bonds. The summed E-state index contributed by atoms with van der Waals surface area (Å²) in [7, 11) is 0. The van der Waals surface area contributed by atoms with E-state index in [1.165, 1.54) is 0 Å². The predicted molar refractivity (Wildman–Crippen MR) is 28.9 cm³/mol. The molecule has 0 fully saturated rings. The smallest absolute Gasteiger partial charge is 0.0799 e. The summed E-state index contributed by atoms with van der Waals surface area (Å²) in [5.74, 6) is 2.47. The highest BCUT2D eigenvalue weighted by Gasteiger charge is 1.79. The number of aliphatic hydroxyl groups is 1. The second-order valence-corrected chi connectivity index (χ2v) is 1.28. The van der Waals surface area contributed by atoms with Crippen LogP contribution in [-0.2, 0) is 0 Å². The third-order valence-electron chi connectivity index (χ3n) is 0.654. The van der Waals surface area contributed by atoms with Gasteiger partial charge in [0.05, 0.1) is 6.61 Å². The molecule has 0 aliphatic carbocycles. The van der Waals surface area contributed by atoms with Gasteiger partial charge in [0.25, 0.3) is 0 Å². The molecule has 1 nitrogen and oxygen atoms in total. The fourth-order valence-electron chi connectivity index (χ4n) is 0.295. The van der Waals surface area contributed by atoms with E-state index in [1.54, 1.807) is 0 Å². The Morgan fingerprint density at radius 2 is 2.43 bits per heavy atom. The Hall–Kier alpha value is -0.480. The van der Waals surface area contributed by atoms with Gasteiger partial charge in [-0.25, -0.2) is 0 Å². The molecule has 0 saturated heterocycles. The van der Waals surface area contributed by atoms with E-state index < -0.39 is 0 Å². The average Bonchev–Trinajstić information content (AvgIpc) is 1.69. The Morgan fingerprint density at radius 3 is 2.86 bits per heavy atom. The summed E-state index contributed by atoms with van der Waals surface area (Å²) in [6.45, 7) is 1.14. The number of unbranched alkanes of at least 4 members (excludes halogenated alkanes) is 2. The van der Waals surface area contributed by atoms with Gasteiger partial charge in [0, 0.05) is 6.42 Å². The molecule has 7 heavy (non-hydrogen) atoms. The fraction of sp³-hybridized carbons (Fsp3) is 0.500. The number of hydrogen-bond donors (Lipinski definition) is 1. The molecule has 0 bridgehead atoms. The van der Waals surface area contributed by atoms with Crippen LogP contribution in [0.4, 0.5) is 0 Å². The Labute approximate surface area is 44.4 Å². The van der Waals surface area contributed by atoms with E-state index in [-0.39, 0.29) is 0 Å². The molecule has 0 atom stereocenters. The van der Waals surface area contributed by atoms with Crippen molar-refractivity contribution >= 4 is 0 Å². The van der Waals surface area contributed by atoms with Crippen molar-refractivity contribution < 1.29 is 5.11 Å². The van der Waals surface area contributed by atoms with E-state index in [0.29, 0.717) is 6.42 Å². The highest BCUT2D eigenvalue weighted by Crippen LogP contribution is 1.92. The number of hydrogen-bond acceptors (Lipinski definition) is 1. The first-order valence-electron chi connectivity index (χ1n) is 2.31. The van der Waals surface area contributed by atoms with Gasteiger partial charge in [-0.3, -0.25) is 0 Å². The summed E-state index contributed by atoms with van der Waals surface area (Å²) in [6.07, 6.45) is 7.29. The minimum absolute atomic E-state index is 0.712. The van der Waals surface area contributed by atoms with Gasteiger partial charge in [0.2, 0.25) is 0 Å². The van der Waals surface area contributed by atoms with Gasteiger partial charge >= 0.3 is 0 Å². The van der Waals surface area contributed by atoms with Gasteiger partial charge in [-0.05, 0) is 12.8 Å². The van der Waals surface area contributed by atoms with E-state index in [1.807, 2.05) is 0 Å². The van der Waals surface area contributed by atoms with E-state index in [4.69, 9.17) is 11.5 Å². The van der Waals surface area contributed by atoms with Crippen LogP contribution in [0.3, 0.4) is 0 Å². The van der Waals surface area contributed by atoms with Crippen molar-refractivity contribution in [3.8, 4) is 12.3 Å². The molecule has 0 aliphatic rings. The highest BCUT2D eigenvalue weighted by molar-refractivity contribution is 4.83. The Morgan fingerprint density at radius 1 is 1.71 bits per heavy atom. The topological polar surface area (TPSA) is 20.2 Å². The van der Waals surface area contributed by atoms with Crippen LogP contribution >= 0.6 is 0 Å². The van der Waals surface area contributed by atoms with Crippen molar-refractivity contribution in [1.29, 1.82) is 0 Å².